The van der Waals surface area contributed by atoms with E-state index in [4.69, 9.17) is 0 Å². The van der Waals surface area contributed by atoms with Gasteiger partial charge in [-0.05, 0) is 0 Å². The minimum atomic E-state index is 0. The molecule has 0 nitrogen and oxygen atoms in total. The standard InChI is InChI=1S/CH4.Fe.Li.H2S.H/h1H4;;;1H2;/q;;+1;;-1. The van der Waals surface area contributed by atoms with Crippen LogP contribution in [0.25, 0.3) is 0 Å². The second-order valence-electron chi connectivity index (χ2n) is 0. The van der Waals surface area contributed by atoms with Gasteiger partial charge in [0, 0.05) is 17.1 Å². The zero-order chi connectivity index (χ0) is 0. The average molecular weight is 114 g/mol. The van der Waals surface area contributed by atoms with E-state index in [1.165, 1.54) is 0 Å². The van der Waals surface area contributed by atoms with Crippen LogP contribution < -0.4 is 18.9 Å². The van der Waals surface area contributed by atoms with Gasteiger partial charge in [-0.3, -0.25) is 0 Å². The fourth-order valence-electron chi connectivity index (χ4n) is 0. The number of hydrogen-bond acceptors (Lipinski definition) is 0. The van der Waals surface area contributed by atoms with Crippen LogP contribution in [0.4, 0.5) is 0 Å². The Labute approximate surface area is 58.3 Å². The van der Waals surface area contributed by atoms with E-state index < -0.39 is 0 Å². The Morgan fingerprint density at radius 3 is 1.25 bits per heavy atom. The molecule has 0 heterocycles. The van der Waals surface area contributed by atoms with Gasteiger partial charge in [0.05, 0.1) is 0 Å². The summed E-state index contributed by atoms with van der Waals surface area (Å²) >= 11 is 0. The van der Waals surface area contributed by atoms with Crippen LogP contribution in [-0.2, 0) is 17.1 Å². The van der Waals surface area contributed by atoms with Crippen molar-refractivity contribution in [2.75, 3.05) is 0 Å². The van der Waals surface area contributed by atoms with E-state index in [-0.39, 0.29) is 58.3 Å². The summed E-state index contributed by atoms with van der Waals surface area (Å²) in [4.78, 5) is 0. The molecule has 0 radical (unpaired) electrons. The van der Waals surface area contributed by atoms with Crippen LogP contribution in [0.5, 0.6) is 0 Å². The van der Waals surface area contributed by atoms with Crippen molar-refractivity contribution in [1.29, 1.82) is 0 Å². The number of rotatable bonds is 0. The Balaban J connectivity index is 0. The largest absolute Gasteiger partial charge is 1.00 e. The average Bonchev–Trinajstić information content (AvgIpc) is 0. The first-order chi connectivity index (χ1) is 0. The molecular weight excluding hydrogens is 107 g/mol. The summed E-state index contributed by atoms with van der Waals surface area (Å²) in [6, 6.07) is 0. The Bertz CT molecular complexity index is 11.6. The van der Waals surface area contributed by atoms with Gasteiger partial charge < -0.3 is 1.43 Å². The summed E-state index contributed by atoms with van der Waals surface area (Å²) in [7, 11) is 0. The molecule has 0 aromatic carbocycles. The molecule has 0 amide bonds. The maximum atomic E-state index is 0. The van der Waals surface area contributed by atoms with Gasteiger partial charge in [-0.25, -0.2) is 0 Å². The van der Waals surface area contributed by atoms with Crippen molar-refractivity contribution >= 4 is 13.5 Å². The van der Waals surface area contributed by atoms with Crippen molar-refractivity contribution in [2.24, 2.45) is 0 Å². The van der Waals surface area contributed by atoms with Gasteiger partial charge in [0.15, 0.2) is 0 Å². The van der Waals surface area contributed by atoms with E-state index in [9.17, 15) is 0 Å². The Hall–Kier alpha value is 1.47. The van der Waals surface area contributed by atoms with Crippen molar-refractivity contribution in [3.63, 3.8) is 0 Å². The van der Waals surface area contributed by atoms with Crippen molar-refractivity contribution in [1.82, 2.24) is 0 Å². The van der Waals surface area contributed by atoms with E-state index in [2.05, 4.69) is 0 Å². The van der Waals surface area contributed by atoms with Crippen LogP contribution >= 0.6 is 13.5 Å². The third-order valence-corrected chi connectivity index (χ3v) is 0. The maximum Gasteiger partial charge on any atom is 1.00 e. The molecule has 0 fully saturated rings. The fourth-order valence-corrected chi connectivity index (χ4v) is 0. The van der Waals surface area contributed by atoms with Crippen LogP contribution in [0.1, 0.15) is 8.85 Å². The van der Waals surface area contributed by atoms with Gasteiger partial charge in [0.2, 0.25) is 0 Å². The third kappa shape index (κ3) is 9.80. The predicted molar refractivity (Wildman–Crippen MR) is 18.2 cm³/mol. The summed E-state index contributed by atoms with van der Waals surface area (Å²) in [6.45, 7) is 0. The molecule has 26 valence electrons. The first kappa shape index (κ1) is 50.7. The van der Waals surface area contributed by atoms with Crippen molar-refractivity contribution < 1.29 is 37.4 Å². The van der Waals surface area contributed by atoms with E-state index in [1.54, 1.807) is 0 Å². The molecule has 0 saturated carbocycles. The minimum Gasteiger partial charge on any atom is -1.00 e. The fraction of sp³-hybridized carbons (Fsp3) is 1.00. The molecule has 0 aliphatic carbocycles. The summed E-state index contributed by atoms with van der Waals surface area (Å²) in [5, 5.41) is 0. The van der Waals surface area contributed by atoms with E-state index in [0.717, 1.165) is 0 Å². The summed E-state index contributed by atoms with van der Waals surface area (Å²) in [5.41, 5.74) is 0. The Morgan fingerprint density at radius 1 is 1.25 bits per heavy atom. The predicted octanol–water partition coefficient (Wildman–Crippen LogP) is -2.14. The van der Waals surface area contributed by atoms with Crippen LogP contribution in [-0.4, -0.2) is 0 Å². The quantitative estimate of drug-likeness (QED) is 0.315. The minimum absolute atomic E-state index is 0. The van der Waals surface area contributed by atoms with Crippen molar-refractivity contribution in [3.8, 4) is 0 Å². The zero-order valence-electron chi connectivity index (χ0n) is 2.85. The molecule has 0 N–H and O–H groups in total. The normalized spacial score (nSPS) is 0. The molecule has 0 bridgehead atoms. The van der Waals surface area contributed by atoms with Crippen LogP contribution in [0.3, 0.4) is 0 Å². The SMILES string of the molecule is C.S.[Fe].[H-].[Li+]. The molecular formula is CH7FeLiS. The van der Waals surface area contributed by atoms with E-state index in [0.29, 0.717) is 0 Å². The second kappa shape index (κ2) is 25.0. The van der Waals surface area contributed by atoms with Crippen molar-refractivity contribution in [3.05, 3.63) is 0 Å². The Kier molecular flexibility index (Phi) is 316. The van der Waals surface area contributed by atoms with Gasteiger partial charge in [0.25, 0.3) is 0 Å². The van der Waals surface area contributed by atoms with Gasteiger partial charge in [0.1, 0.15) is 0 Å². The van der Waals surface area contributed by atoms with Gasteiger partial charge in [-0.15, -0.1) is 0 Å². The molecule has 0 aliphatic rings. The van der Waals surface area contributed by atoms with Gasteiger partial charge in [-0.2, -0.15) is 13.5 Å². The summed E-state index contributed by atoms with van der Waals surface area (Å²) in [5.74, 6) is 0. The molecule has 0 spiro atoms. The second-order valence-corrected chi connectivity index (χ2v) is 0. The van der Waals surface area contributed by atoms with Gasteiger partial charge >= 0.3 is 18.9 Å². The smallest absolute Gasteiger partial charge is 1.00 e. The van der Waals surface area contributed by atoms with Crippen molar-refractivity contribution in [2.45, 2.75) is 7.43 Å². The summed E-state index contributed by atoms with van der Waals surface area (Å²) < 4.78 is 0. The molecule has 3 heteroatoms. The van der Waals surface area contributed by atoms with Crippen LogP contribution in [0.2, 0.25) is 0 Å². The molecule has 0 atom stereocenters. The Morgan fingerprint density at radius 2 is 1.25 bits per heavy atom. The van der Waals surface area contributed by atoms with Crippen LogP contribution in [0, 0.1) is 0 Å². The summed E-state index contributed by atoms with van der Waals surface area (Å²) in [6.07, 6.45) is 0. The van der Waals surface area contributed by atoms with Gasteiger partial charge in [-0.1, -0.05) is 7.43 Å². The molecule has 0 unspecified atom stereocenters. The number of hydrogen-bond donors (Lipinski definition) is 0. The first-order valence-electron chi connectivity index (χ1n) is 0. The van der Waals surface area contributed by atoms with E-state index in [1.807, 2.05) is 0 Å². The van der Waals surface area contributed by atoms with E-state index >= 15 is 0 Å². The molecule has 0 aromatic heterocycles. The molecule has 0 aliphatic heterocycles. The maximum absolute atomic E-state index is 0. The molecule has 4 heavy (non-hydrogen) atoms. The topological polar surface area (TPSA) is 0 Å². The third-order valence-electron chi connectivity index (χ3n) is 0. The molecule has 0 rings (SSSR count). The monoisotopic (exact) mass is 114 g/mol. The zero-order valence-corrected chi connectivity index (χ0v) is 3.96. The van der Waals surface area contributed by atoms with Crippen LogP contribution in [0.15, 0.2) is 0 Å². The molecule has 0 saturated heterocycles. The molecule has 0 aromatic rings. The first-order valence-corrected chi connectivity index (χ1v) is 0.